The van der Waals surface area contributed by atoms with E-state index in [9.17, 15) is 0 Å². The summed E-state index contributed by atoms with van der Waals surface area (Å²) >= 11 is 0. The normalized spacial score (nSPS) is 24.8. The van der Waals surface area contributed by atoms with Crippen molar-refractivity contribution in [1.82, 2.24) is 15.1 Å². The number of piperidine rings is 1. The van der Waals surface area contributed by atoms with Crippen LogP contribution in [0.1, 0.15) is 24.8 Å². The van der Waals surface area contributed by atoms with E-state index in [1.54, 1.807) is 0 Å². The largest absolute Gasteiger partial charge is 0.317 e. The van der Waals surface area contributed by atoms with E-state index < -0.39 is 0 Å². The Balaban J connectivity index is 1.45. The Hall–Kier alpha value is -0.900. The lowest BCUT2D eigenvalue weighted by Gasteiger charge is -2.31. The van der Waals surface area contributed by atoms with Gasteiger partial charge in [0, 0.05) is 32.2 Å². The number of hydrogen-bond acceptors (Lipinski definition) is 3. The maximum Gasteiger partial charge on any atom is 0.0234 e. The molecule has 2 aliphatic rings. The summed E-state index contributed by atoms with van der Waals surface area (Å²) in [5.41, 5.74) is 1.44. The summed E-state index contributed by atoms with van der Waals surface area (Å²) in [6.07, 6.45) is 4.03. The first-order valence-corrected chi connectivity index (χ1v) is 8.48. The van der Waals surface area contributed by atoms with Gasteiger partial charge in [-0.3, -0.25) is 4.90 Å². The molecule has 0 aliphatic carbocycles. The quantitative estimate of drug-likeness (QED) is 0.895. The van der Waals surface area contributed by atoms with Crippen molar-refractivity contribution in [2.75, 3.05) is 39.8 Å². The van der Waals surface area contributed by atoms with Gasteiger partial charge in [-0.1, -0.05) is 30.3 Å². The van der Waals surface area contributed by atoms with Gasteiger partial charge in [-0.05, 0) is 50.9 Å². The summed E-state index contributed by atoms with van der Waals surface area (Å²) in [4.78, 5) is 5.24. The lowest BCUT2D eigenvalue weighted by Crippen LogP contribution is -2.40. The van der Waals surface area contributed by atoms with Crippen LogP contribution in [0.25, 0.3) is 0 Å². The van der Waals surface area contributed by atoms with Crippen LogP contribution in [0.4, 0.5) is 0 Å². The molecule has 0 radical (unpaired) electrons. The van der Waals surface area contributed by atoms with E-state index in [1.807, 2.05) is 0 Å². The van der Waals surface area contributed by atoms with Crippen LogP contribution in [0.2, 0.25) is 0 Å². The molecule has 3 nitrogen and oxygen atoms in total. The molecule has 1 atom stereocenters. The van der Waals surface area contributed by atoms with Crippen molar-refractivity contribution in [3.05, 3.63) is 35.9 Å². The van der Waals surface area contributed by atoms with E-state index in [-0.39, 0.29) is 0 Å². The van der Waals surface area contributed by atoms with Crippen LogP contribution in [0.5, 0.6) is 0 Å². The molecule has 1 aromatic rings. The van der Waals surface area contributed by atoms with Crippen LogP contribution in [0.15, 0.2) is 30.3 Å². The zero-order valence-electron chi connectivity index (χ0n) is 13.3. The highest BCUT2D eigenvalue weighted by atomic mass is 15.2. The molecule has 2 fully saturated rings. The fourth-order valence-electron chi connectivity index (χ4n) is 3.78. The summed E-state index contributed by atoms with van der Waals surface area (Å²) in [7, 11) is 2.33. The molecular formula is C18H29N3. The highest BCUT2D eigenvalue weighted by Crippen LogP contribution is 2.20. The fraction of sp³-hybridized carbons (Fsp3) is 0.667. The summed E-state index contributed by atoms with van der Waals surface area (Å²) in [6, 6.07) is 11.6. The second-order valence-electron chi connectivity index (χ2n) is 6.80. The Morgan fingerprint density at radius 3 is 2.67 bits per heavy atom. The first-order chi connectivity index (χ1) is 10.3. The van der Waals surface area contributed by atoms with Crippen molar-refractivity contribution >= 4 is 0 Å². The maximum absolute atomic E-state index is 3.47. The lowest BCUT2D eigenvalue weighted by atomic mass is 9.97. The number of nitrogens with zero attached hydrogens (tertiary/aromatic N) is 2. The zero-order chi connectivity index (χ0) is 14.5. The van der Waals surface area contributed by atoms with E-state index in [0.29, 0.717) is 0 Å². The summed E-state index contributed by atoms with van der Waals surface area (Å²) in [5, 5.41) is 3.47. The van der Waals surface area contributed by atoms with E-state index in [4.69, 9.17) is 0 Å². The van der Waals surface area contributed by atoms with Crippen molar-refractivity contribution in [3.8, 4) is 0 Å². The highest BCUT2D eigenvalue weighted by Gasteiger charge is 2.27. The zero-order valence-corrected chi connectivity index (χ0v) is 13.3. The van der Waals surface area contributed by atoms with Crippen molar-refractivity contribution in [2.24, 2.45) is 5.92 Å². The predicted octanol–water partition coefficient (Wildman–Crippen LogP) is 2.19. The minimum atomic E-state index is 0.753. The molecule has 0 aromatic heterocycles. The van der Waals surface area contributed by atoms with Crippen molar-refractivity contribution in [2.45, 2.75) is 31.8 Å². The van der Waals surface area contributed by atoms with Crippen LogP contribution in [0.3, 0.4) is 0 Å². The molecule has 21 heavy (non-hydrogen) atoms. The van der Waals surface area contributed by atoms with E-state index in [1.165, 1.54) is 57.5 Å². The smallest absolute Gasteiger partial charge is 0.0234 e. The summed E-state index contributed by atoms with van der Waals surface area (Å²) in [5.74, 6) is 0.902. The van der Waals surface area contributed by atoms with Gasteiger partial charge in [0.15, 0.2) is 0 Å². The molecule has 0 spiro atoms. The Kier molecular flexibility index (Phi) is 5.28. The third-order valence-corrected chi connectivity index (χ3v) is 5.12. The molecule has 3 heteroatoms. The minimum absolute atomic E-state index is 0.753. The standard InChI is InChI=1S/C18H29N3/c1-20(13-17-7-10-19-11-8-17)18-9-12-21(15-18)14-16-5-3-2-4-6-16/h2-6,17-19H,7-15H2,1H3. The third kappa shape index (κ3) is 4.29. The molecule has 1 aromatic carbocycles. The van der Waals surface area contributed by atoms with Crippen molar-refractivity contribution in [3.63, 3.8) is 0 Å². The van der Waals surface area contributed by atoms with Crippen LogP contribution >= 0.6 is 0 Å². The average Bonchev–Trinajstić information content (AvgIpc) is 2.98. The van der Waals surface area contributed by atoms with Crippen LogP contribution in [0, 0.1) is 5.92 Å². The van der Waals surface area contributed by atoms with Crippen LogP contribution in [-0.2, 0) is 6.54 Å². The SMILES string of the molecule is CN(CC1CCNCC1)C1CCN(Cc2ccccc2)C1. The minimum Gasteiger partial charge on any atom is -0.317 e. The summed E-state index contributed by atoms with van der Waals surface area (Å²) in [6.45, 7) is 7.29. The Bertz CT molecular complexity index is 414. The van der Waals surface area contributed by atoms with E-state index >= 15 is 0 Å². The maximum atomic E-state index is 3.47. The molecule has 2 saturated heterocycles. The first-order valence-electron chi connectivity index (χ1n) is 8.48. The lowest BCUT2D eigenvalue weighted by molar-refractivity contribution is 0.182. The Labute approximate surface area is 129 Å². The van der Waals surface area contributed by atoms with Crippen LogP contribution in [-0.4, -0.2) is 55.6 Å². The Morgan fingerprint density at radius 1 is 1.14 bits per heavy atom. The van der Waals surface area contributed by atoms with Gasteiger partial charge in [0.05, 0.1) is 0 Å². The second kappa shape index (κ2) is 7.39. The number of rotatable bonds is 5. The molecule has 1 unspecified atom stereocenters. The van der Waals surface area contributed by atoms with Gasteiger partial charge < -0.3 is 10.2 Å². The molecule has 0 bridgehead atoms. The first kappa shape index (κ1) is 15.0. The number of hydrogen-bond donors (Lipinski definition) is 1. The number of benzene rings is 1. The van der Waals surface area contributed by atoms with E-state index in [0.717, 1.165) is 18.5 Å². The molecule has 116 valence electrons. The second-order valence-corrected chi connectivity index (χ2v) is 6.80. The van der Waals surface area contributed by atoms with Crippen LogP contribution < -0.4 is 5.32 Å². The number of nitrogens with one attached hydrogen (secondary N) is 1. The third-order valence-electron chi connectivity index (χ3n) is 5.12. The summed E-state index contributed by atoms with van der Waals surface area (Å²) < 4.78 is 0. The molecular weight excluding hydrogens is 258 g/mol. The van der Waals surface area contributed by atoms with Gasteiger partial charge in [-0.25, -0.2) is 0 Å². The molecule has 0 amide bonds. The van der Waals surface area contributed by atoms with Gasteiger partial charge in [0.1, 0.15) is 0 Å². The van der Waals surface area contributed by atoms with Crippen molar-refractivity contribution in [1.29, 1.82) is 0 Å². The topological polar surface area (TPSA) is 18.5 Å². The van der Waals surface area contributed by atoms with Gasteiger partial charge in [0.2, 0.25) is 0 Å². The predicted molar refractivity (Wildman–Crippen MR) is 88.3 cm³/mol. The molecule has 2 heterocycles. The van der Waals surface area contributed by atoms with Crippen molar-refractivity contribution < 1.29 is 0 Å². The molecule has 3 rings (SSSR count). The molecule has 0 saturated carbocycles. The van der Waals surface area contributed by atoms with Gasteiger partial charge >= 0.3 is 0 Å². The molecule has 1 N–H and O–H groups in total. The highest BCUT2D eigenvalue weighted by molar-refractivity contribution is 5.14. The Morgan fingerprint density at radius 2 is 1.90 bits per heavy atom. The van der Waals surface area contributed by atoms with Gasteiger partial charge in [0.25, 0.3) is 0 Å². The van der Waals surface area contributed by atoms with Gasteiger partial charge in [-0.15, -0.1) is 0 Å². The van der Waals surface area contributed by atoms with Gasteiger partial charge in [-0.2, -0.15) is 0 Å². The number of likely N-dealkylation sites (N-methyl/N-ethyl adjacent to an activating group) is 1. The monoisotopic (exact) mass is 287 g/mol. The van der Waals surface area contributed by atoms with E-state index in [2.05, 4.69) is 52.5 Å². The average molecular weight is 287 g/mol. The fourth-order valence-corrected chi connectivity index (χ4v) is 3.78. The number of likely N-dealkylation sites (tertiary alicyclic amines) is 1. The molecule has 2 aliphatic heterocycles.